The molecule has 1 N–H and O–H groups in total. The van der Waals surface area contributed by atoms with Gasteiger partial charge in [0.25, 0.3) is 0 Å². The first-order valence-electron chi connectivity index (χ1n) is 9.46. The molecule has 0 aliphatic heterocycles. The molecule has 3 aromatic rings. The second kappa shape index (κ2) is 10.4. The molecule has 0 unspecified atom stereocenters. The molecule has 3 rings (SSSR count). The van der Waals surface area contributed by atoms with E-state index < -0.39 is 4.92 Å². The van der Waals surface area contributed by atoms with Crippen molar-refractivity contribution in [2.24, 2.45) is 5.10 Å². The van der Waals surface area contributed by atoms with Gasteiger partial charge in [0.2, 0.25) is 10.9 Å². The second-order valence-electron chi connectivity index (χ2n) is 6.24. The van der Waals surface area contributed by atoms with Crippen LogP contribution in [-0.2, 0) is 0 Å². The number of aromatic nitrogens is 1. The van der Waals surface area contributed by atoms with Crippen molar-refractivity contribution in [3.05, 3.63) is 51.4 Å². The molecule has 1 aromatic heterocycles. The summed E-state index contributed by atoms with van der Waals surface area (Å²) >= 11 is 1.37. The van der Waals surface area contributed by atoms with Gasteiger partial charge >= 0.3 is 5.69 Å². The summed E-state index contributed by atoms with van der Waals surface area (Å²) in [4.78, 5) is 15.4. The lowest BCUT2D eigenvalue weighted by atomic mass is 10.1. The molecule has 168 valence electrons. The number of benzene rings is 2. The average molecular weight is 458 g/mol. The fourth-order valence-corrected chi connectivity index (χ4v) is 3.57. The largest absolute Gasteiger partial charge is 0.493 e. The summed E-state index contributed by atoms with van der Waals surface area (Å²) in [5, 5.41) is 18.0. The Kier molecular flexibility index (Phi) is 7.45. The molecule has 0 aliphatic rings. The van der Waals surface area contributed by atoms with Gasteiger partial charge in [-0.15, -0.1) is 11.3 Å². The molecule has 2 aromatic carbocycles. The molecule has 0 atom stereocenters. The third kappa shape index (κ3) is 5.06. The number of hydrazone groups is 1. The minimum Gasteiger partial charge on any atom is -0.493 e. The van der Waals surface area contributed by atoms with Gasteiger partial charge in [0.15, 0.2) is 17.2 Å². The van der Waals surface area contributed by atoms with Crippen LogP contribution in [0, 0.1) is 10.1 Å². The van der Waals surface area contributed by atoms with Crippen molar-refractivity contribution in [3.8, 4) is 34.3 Å². The molecule has 0 bridgehead atoms. The molecule has 1 heterocycles. The Morgan fingerprint density at radius 2 is 1.91 bits per heavy atom. The SMILES string of the molecule is CCOc1cc(/C=N\Nc2nc(-c3ccc(OC)c(OC)c3)cs2)cc([N+](=O)[O-])c1OC. The number of nitrogens with zero attached hydrogens (tertiary/aromatic N) is 3. The van der Waals surface area contributed by atoms with E-state index in [1.165, 1.54) is 30.7 Å². The van der Waals surface area contributed by atoms with Crippen LogP contribution >= 0.6 is 11.3 Å². The number of nitro groups is 1. The number of hydrogen-bond donors (Lipinski definition) is 1. The standard InChI is InChI=1S/C21H22N4O6S/c1-5-31-19-9-13(8-16(25(26)27)20(19)30-4)11-22-24-21-23-15(12-32-21)14-6-7-17(28-2)18(10-14)29-3/h6-12H,5H2,1-4H3,(H,23,24)/b22-11-. The van der Waals surface area contributed by atoms with Crippen molar-refractivity contribution in [1.82, 2.24) is 4.98 Å². The number of rotatable bonds is 10. The van der Waals surface area contributed by atoms with Gasteiger partial charge in [-0.2, -0.15) is 5.10 Å². The van der Waals surface area contributed by atoms with E-state index in [1.807, 2.05) is 23.6 Å². The molecule has 0 saturated heterocycles. The zero-order valence-corrected chi connectivity index (χ0v) is 18.8. The normalized spacial score (nSPS) is 10.8. The van der Waals surface area contributed by atoms with Crippen molar-refractivity contribution in [2.45, 2.75) is 6.92 Å². The van der Waals surface area contributed by atoms with Crippen LogP contribution < -0.4 is 24.4 Å². The average Bonchev–Trinajstić information content (AvgIpc) is 3.27. The van der Waals surface area contributed by atoms with E-state index in [2.05, 4.69) is 15.5 Å². The van der Waals surface area contributed by atoms with Crippen molar-refractivity contribution in [3.63, 3.8) is 0 Å². The Morgan fingerprint density at radius 3 is 2.56 bits per heavy atom. The third-order valence-corrected chi connectivity index (χ3v) is 5.06. The van der Waals surface area contributed by atoms with Gasteiger partial charge in [-0.25, -0.2) is 4.98 Å². The third-order valence-electron chi connectivity index (χ3n) is 4.32. The molecule has 32 heavy (non-hydrogen) atoms. The van der Waals surface area contributed by atoms with Crippen LogP contribution in [0.4, 0.5) is 10.8 Å². The van der Waals surface area contributed by atoms with Crippen LogP contribution in [0.15, 0.2) is 40.8 Å². The lowest BCUT2D eigenvalue weighted by Gasteiger charge is -2.10. The zero-order valence-electron chi connectivity index (χ0n) is 17.9. The number of nitrogens with one attached hydrogen (secondary N) is 1. The summed E-state index contributed by atoms with van der Waals surface area (Å²) in [7, 11) is 4.51. The van der Waals surface area contributed by atoms with E-state index in [4.69, 9.17) is 18.9 Å². The smallest absolute Gasteiger partial charge is 0.315 e. The molecular formula is C21H22N4O6S. The van der Waals surface area contributed by atoms with Gasteiger partial charge in [-0.05, 0) is 31.2 Å². The molecular weight excluding hydrogens is 436 g/mol. The number of thiazole rings is 1. The van der Waals surface area contributed by atoms with Gasteiger partial charge in [0, 0.05) is 22.6 Å². The minimum absolute atomic E-state index is 0.0708. The quantitative estimate of drug-likeness (QED) is 0.266. The van der Waals surface area contributed by atoms with Crippen molar-refractivity contribution < 1.29 is 23.9 Å². The molecule has 0 fully saturated rings. The lowest BCUT2D eigenvalue weighted by molar-refractivity contribution is -0.385. The molecule has 0 amide bonds. The summed E-state index contributed by atoms with van der Waals surface area (Å²) in [6.07, 6.45) is 1.45. The van der Waals surface area contributed by atoms with Gasteiger partial charge in [-0.1, -0.05) is 0 Å². The Hall–Kier alpha value is -3.86. The minimum atomic E-state index is -0.525. The maximum absolute atomic E-state index is 11.4. The van der Waals surface area contributed by atoms with Gasteiger partial charge in [0.05, 0.1) is 44.8 Å². The van der Waals surface area contributed by atoms with E-state index in [1.54, 1.807) is 27.2 Å². The number of hydrogen-bond acceptors (Lipinski definition) is 10. The van der Waals surface area contributed by atoms with Crippen LogP contribution in [-0.4, -0.2) is 44.1 Å². The molecule has 0 saturated carbocycles. The summed E-state index contributed by atoms with van der Waals surface area (Å²) in [6, 6.07) is 8.52. The summed E-state index contributed by atoms with van der Waals surface area (Å²) in [5.41, 5.74) is 4.72. The Labute approximate surface area is 188 Å². The highest BCUT2D eigenvalue weighted by molar-refractivity contribution is 7.14. The molecule has 10 nitrogen and oxygen atoms in total. The Balaban J connectivity index is 1.79. The fourth-order valence-electron chi connectivity index (χ4n) is 2.90. The van der Waals surface area contributed by atoms with Crippen molar-refractivity contribution >= 4 is 28.4 Å². The van der Waals surface area contributed by atoms with Crippen LogP contribution in [0.1, 0.15) is 12.5 Å². The number of methoxy groups -OCH3 is 3. The van der Waals surface area contributed by atoms with Gasteiger partial charge < -0.3 is 18.9 Å². The molecule has 0 spiro atoms. The lowest BCUT2D eigenvalue weighted by Crippen LogP contribution is -2.01. The van der Waals surface area contributed by atoms with E-state index in [-0.39, 0.29) is 17.2 Å². The number of anilines is 1. The predicted octanol–water partition coefficient (Wildman–Crippen LogP) is 4.59. The number of nitro benzene ring substituents is 1. The first kappa shape index (κ1) is 22.8. The molecule has 11 heteroatoms. The maximum atomic E-state index is 11.4. The van der Waals surface area contributed by atoms with E-state index in [9.17, 15) is 10.1 Å². The number of ether oxygens (including phenoxy) is 4. The first-order chi connectivity index (χ1) is 15.5. The van der Waals surface area contributed by atoms with Crippen molar-refractivity contribution in [2.75, 3.05) is 33.4 Å². The maximum Gasteiger partial charge on any atom is 0.315 e. The second-order valence-corrected chi connectivity index (χ2v) is 7.10. The van der Waals surface area contributed by atoms with E-state index in [0.717, 1.165) is 11.3 Å². The van der Waals surface area contributed by atoms with Crippen LogP contribution in [0.3, 0.4) is 0 Å². The Morgan fingerprint density at radius 1 is 1.12 bits per heavy atom. The predicted molar refractivity (Wildman–Crippen MR) is 123 cm³/mol. The highest BCUT2D eigenvalue weighted by atomic mass is 32.1. The Bertz CT molecular complexity index is 1130. The molecule has 0 aliphatic carbocycles. The van der Waals surface area contributed by atoms with Crippen LogP contribution in [0.25, 0.3) is 11.3 Å². The van der Waals surface area contributed by atoms with E-state index >= 15 is 0 Å². The van der Waals surface area contributed by atoms with E-state index in [0.29, 0.717) is 28.8 Å². The highest BCUT2D eigenvalue weighted by Gasteiger charge is 2.21. The van der Waals surface area contributed by atoms with Crippen molar-refractivity contribution in [1.29, 1.82) is 0 Å². The zero-order chi connectivity index (χ0) is 23.1. The van der Waals surface area contributed by atoms with Gasteiger partial charge in [0.1, 0.15) is 0 Å². The van der Waals surface area contributed by atoms with Crippen LogP contribution in [0.5, 0.6) is 23.0 Å². The monoisotopic (exact) mass is 458 g/mol. The summed E-state index contributed by atoms with van der Waals surface area (Å²) in [6.45, 7) is 2.12. The molecule has 0 radical (unpaired) electrons. The fraction of sp³-hybridized carbons (Fsp3) is 0.238. The summed E-state index contributed by atoms with van der Waals surface area (Å²) in [5.74, 6) is 1.59. The first-order valence-corrected chi connectivity index (χ1v) is 10.3. The van der Waals surface area contributed by atoms with Crippen LogP contribution in [0.2, 0.25) is 0 Å². The highest BCUT2D eigenvalue weighted by Crippen LogP contribution is 2.38. The topological polar surface area (TPSA) is 117 Å². The van der Waals surface area contributed by atoms with Gasteiger partial charge in [-0.3, -0.25) is 15.5 Å². The summed E-state index contributed by atoms with van der Waals surface area (Å²) < 4.78 is 21.2.